The lowest BCUT2D eigenvalue weighted by Crippen LogP contribution is -2.32. The third-order valence-corrected chi connectivity index (χ3v) is 3.11. The highest BCUT2D eigenvalue weighted by atomic mass is 19.3. The van der Waals surface area contributed by atoms with Crippen molar-refractivity contribution in [2.45, 2.75) is 40.0 Å². The van der Waals surface area contributed by atoms with Crippen molar-refractivity contribution >= 4 is 5.97 Å². The summed E-state index contributed by atoms with van der Waals surface area (Å²) in [5.41, 5.74) is -1.59. The molecular formula is C14H17F3O2. The summed E-state index contributed by atoms with van der Waals surface area (Å²) in [6, 6.07) is 2.06. The smallest absolute Gasteiger partial charge is 0.309 e. The summed E-state index contributed by atoms with van der Waals surface area (Å²) in [6.45, 7) is 5.29. The van der Waals surface area contributed by atoms with Gasteiger partial charge in [0.1, 0.15) is 5.82 Å². The fourth-order valence-electron chi connectivity index (χ4n) is 2.21. The van der Waals surface area contributed by atoms with Crippen molar-refractivity contribution < 1.29 is 23.1 Å². The van der Waals surface area contributed by atoms with Crippen LogP contribution in [0.2, 0.25) is 0 Å². The van der Waals surface area contributed by atoms with Crippen LogP contribution >= 0.6 is 0 Å². The van der Waals surface area contributed by atoms with Gasteiger partial charge in [0.2, 0.25) is 0 Å². The van der Waals surface area contributed by atoms with Crippen LogP contribution in [0.3, 0.4) is 0 Å². The highest BCUT2D eigenvalue weighted by Crippen LogP contribution is 2.42. The number of carboxylic acid groups (broad SMARTS) is 1. The summed E-state index contributed by atoms with van der Waals surface area (Å²) < 4.78 is 41.7. The van der Waals surface area contributed by atoms with E-state index < -0.39 is 29.5 Å². The van der Waals surface area contributed by atoms with Crippen LogP contribution in [0.5, 0.6) is 0 Å². The van der Waals surface area contributed by atoms with E-state index in [0.29, 0.717) is 0 Å². The molecule has 0 aliphatic rings. The number of carboxylic acids is 1. The fourth-order valence-corrected chi connectivity index (χ4v) is 2.21. The summed E-state index contributed by atoms with van der Waals surface area (Å²) in [4.78, 5) is 11.0. The lowest BCUT2D eigenvalue weighted by atomic mass is 9.82. The maximum atomic E-state index is 14.3. The monoisotopic (exact) mass is 274 g/mol. The molecular weight excluding hydrogens is 257 g/mol. The standard InChI is InChI=1S/C14H17F3O2/c1-8-5-10(15)6-9(2)11(8)14(16,17)7-13(3,4)12(18)19/h5-6H,7H2,1-4H3,(H,18,19). The molecule has 0 aliphatic heterocycles. The summed E-state index contributed by atoms with van der Waals surface area (Å²) in [7, 11) is 0. The molecule has 1 aromatic rings. The minimum absolute atomic E-state index is 0.128. The molecule has 2 nitrogen and oxygen atoms in total. The molecule has 106 valence electrons. The van der Waals surface area contributed by atoms with E-state index in [2.05, 4.69) is 0 Å². The summed E-state index contributed by atoms with van der Waals surface area (Å²) in [6.07, 6.45) is -0.831. The van der Waals surface area contributed by atoms with Gasteiger partial charge >= 0.3 is 5.97 Å². The van der Waals surface area contributed by atoms with Gasteiger partial charge < -0.3 is 5.11 Å². The Bertz CT molecular complexity index is 484. The van der Waals surface area contributed by atoms with Crippen molar-refractivity contribution in [3.63, 3.8) is 0 Å². The average Bonchev–Trinajstić information content (AvgIpc) is 2.12. The number of hydrogen-bond donors (Lipinski definition) is 1. The highest BCUT2D eigenvalue weighted by Gasteiger charge is 2.43. The van der Waals surface area contributed by atoms with Crippen LogP contribution < -0.4 is 0 Å². The quantitative estimate of drug-likeness (QED) is 0.899. The van der Waals surface area contributed by atoms with Crippen molar-refractivity contribution in [3.05, 3.63) is 34.6 Å². The average molecular weight is 274 g/mol. The third-order valence-electron chi connectivity index (χ3n) is 3.11. The Kier molecular flexibility index (Phi) is 3.98. The number of aliphatic carboxylic acids is 1. The van der Waals surface area contributed by atoms with Crippen molar-refractivity contribution in [2.24, 2.45) is 5.41 Å². The van der Waals surface area contributed by atoms with Gasteiger partial charge in [-0.1, -0.05) is 0 Å². The summed E-state index contributed by atoms with van der Waals surface area (Å²) >= 11 is 0. The van der Waals surface area contributed by atoms with Crippen LogP contribution in [0.1, 0.15) is 37.0 Å². The zero-order valence-electron chi connectivity index (χ0n) is 11.4. The summed E-state index contributed by atoms with van der Waals surface area (Å²) in [5, 5.41) is 8.94. The van der Waals surface area contributed by atoms with E-state index in [4.69, 9.17) is 5.11 Å². The van der Waals surface area contributed by atoms with E-state index in [1.54, 1.807) is 0 Å². The number of carbonyl (C=O) groups is 1. The predicted octanol–water partition coefficient (Wildman–Crippen LogP) is 4.04. The Balaban J connectivity index is 3.25. The summed E-state index contributed by atoms with van der Waals surface area (Å²) in [5.74, 6) is -5.18. The number of hydrogen-bond acceptors (Lipinski definition) is 1. The Morgan fingerprint density at radius 1 is 1.21 bits per heavy atom. The van der Waals surface area contributed by atoms with Gasteiger partial charge in [0.25, 0.3) is 5.92 Å². The van der Waals surface area contributed by atoms with E-state index >= 15 is 0 Å². The van der Waals surface area contributed by atoms with Crippen LogP contribution in [0.4, 0.5) is 13.2 Å². The first-order valence-corrected chi connectivity index (χ1v) is 5.86. The molecule has 1 rings (SSSR count). The van der Waals surface area contributed by atoms with Gasteiger partial charge in [-0.15, -0.1) is 0 Å². The maximum Gasteiger partial charge on any atom is 0.309 e. The van der Waals surface area contributed by atoms with E-state index in [9.17, 15) is 18.0 Å². The molecule has 0 heterocycles. The first-order valence-electron chi connectivity index (χ1n) is 5.86. The van der Waals surface area contributed by atoms with Gasteiger partial charge in [-0.2, -0.15) is 0 Å². The second kappa shape index (κ2) is 4.87. The minimum Gasteiger partial charge on any atom is -0.481 e. The number of rotatable bonds is 4. The van der Waals surface area contributed by atoms with Gasteiger partial charge in [0.15, 0.2) is 0 Å². The van der Waals surface area contributed by atoms with Crippen LogP contribution in [0, 0.1) is 25.1 Å². The van der Waals surface area contributed by atoms with Crippen molar-refractivity contribution in [3.8, 4) is 0 Å². The van der Waals surface area contributed by atoms with Gasteiger partial charge in [-0.3, -0.25) is 4.79 Å². The third kappa shape index (κ3) is 3.28. The molecule has 0 amide bonds. The van der Waals surface area contributed by atoms with Gasteiger partial charge in [-0.05, 0) is 51.0 Å². The van der Waals surface area contributed by atoms with Crippen molar-refractivity contribution in [1.29, 1.82) is 0 Å². The van der Waals surface area contributed by atoms with Gasteiger partial charge in [0.05, 0.1) is 5.41 Å². The lowest BCUT2D eigenvalue weighted by molar-refractivity contribution is -0.153. The van der Waals surface area contributed by atoms with E-state index in [1.165, 1.54) is 27.7 Å². The minimum atomic E-state index is -3.32. The molecule has 0 fully saturated rings. The van der Waals surface area contributed by atoms with Gasteiger partial charge in [-0.25, -0.2) is 13.2 Å². The second-order valence-electron chi connectivity index (χ2n) is 5.48. The van der Waals surface area contributed by atoms with Crippen molar-refractivity contribution in [1.82, 2.24) is 0 Å². The molecule has 0 unspecified atom stereocenters. The molecule has 0 atom stereocenters. The maximum absolute atomic E-state index is 14.3. The molecule has 0 bridgehead atoms. The Labute approximate surface area is 110 Å². The number of halogens is 3. The second-order valence-corrected chi connectivity index (χ2v) is 5.48. The predicted molar refractivity (Wildman–Crippen MR) is 65.8 cm³/mol. The molecule has 0 saturated heterocycles. The normalized spacial score (nSPS) is 12.6. The molecule has 0 aliphatic carbocycles. The zero-order valence-corrected chi connectivity index (χ0v) is 11.4. The number of aryl methyl sites for hydroxylation is 2. The van der Waals surface area contributed by atoms with Crippen LogP contribution in [-0.2, 0) is 10.7 Å². The molecule has 19 heavy (non-hydrogen) atoms. The zero-order chi connectivity index (χ0) is 15.0. The molecule has 0 aromatic heterocycles. The largest absolute Gasteiger partial charge is 0.481 e. The fraction of sp³-hybridized carbons (Fsp3) is 0.500. The Hall–Kier alpha value is -1.52. The van der Waals surface area contributed by atoms with Crippen LogP contribution in [0.15, 0.2) is 12.1 Å². The first kappa shape index (κ1) is 15.5. The molecule has 0 spiro atoms. The Morgan fingerprint density at radius 2 is 1.63 bits per heavy atom. The number of benzene rings is 1. The molecule has 5 heteroatoms. The molecule has 1 N–H and O–H groups in total. The molecule has 0 saturated carbocycles. The Morgan fingerprint density at radius 3 is 2.00 bits per heavy atom. The van der Waals surface area contributed by atoms with E-state index in [-0.39, 0.29) is 16.7 Å². The SMILES string of the molecule is Cc1cc(F)cc(C)c1C(F)(F)CC(C)(C)C(=O)O. The van der Waals surface area contributed by atoms with E-state index in [1.807, 2.05) is 0 Å². The van der Waals surface area contributed by atoms with Crippen molar-refractivity contribution in [2.75, 3.05) is 0 Å². The molecule has 1 aromatic carbocycles. The first-order chi connectivity index (χ1) is 8.47. The van der Waals surface area contributed by atoms with Gasteiger partial charge in [0, 0.05) is 12.0 Å². The lowest BCUT2D eigenvalue weighted by Gasteiger charge is -2.28. The number of alkyl halides is 2. The van der Waals surface area contributed by atoms with Crippen LogP contribution in [-0.4, -0.2) is 11.1 Å². The highest BCUT2D eigenvalue weighted by molar-refractivity contribution is 5.73. The van der Waals surface area contributed by atoms with Crippen LogP contribution in [0.25, 0.3) is 0 Å². The molecule has 0 radical (unpaired) electrons. The van der Waals surface area contributed by atoms with E-state index in [0.717, 1.165) is 12.1 Å². The topological polar surface area (TPSA) is 37.3 Å².